The van der Waals surface area contributed by atoms with Crippen LogP contribution in [-0.2, 0) is 4.79 Å². The van der Waals surface area contributed by atoms with Crippen LogP contribution in [0, 0.1) is 11.8 Å². The maximum atomic E-state index is 12.3. The van der Waals surface area contributed by atoms with Gasteiger partial charge in [-0.1, -0.05) is 39.5 Å². The Kier molecular flexibility index (Phi) is 8.14. The number of ether oxygens (including phenoxy) is 2. The Morgan fingerprint density at radius 2 is 1.62 bits per heavy atom. The largest absolute Gasteiger partial charge is 0.494 e. The van der Waals surface area contributed by atoms with Crippen molar-refractivity contribution in [3.05, 3.63) is 24.3 Å². The molecule has 0 unspecified atom stereocenters. The van der Waals surface area contributed by atoms with Crippen LogP contribution in [-0.4, -0.2) is 12.6 Å². The quantitative estimate of drug-likeness (QED) is 0.327. The molecule has 1 aromatic rings. The van der Waals surface area contributed by atoms with E-state index in [1.165, 1.54) is 38.5 Å². The van der Waals surface area contributed by atoms with Crippen LogP contribution >= 0.6 is 0 Å². The average Bonchev–Trinajstić information content (AvgIpc) is 2.62. The van der Waals surface area contributed by atoms with Gasteiger partial charge in [0, 0.05) is 0 Å². The predicted octanol–water partition coefficient (Wildman–Crippen LogP) is 5.77. The highest BCUT2D eigenvalue weighted by atomic mass is 16.5. The molecule has 0 heterocycles. The van der Waals surface area contributed by atoms with Gasteiger partial charge in [-0.2, -0.15) is 0 Å². The maximum absolute atomic E-state index is 12.3. The van der Waals surface area contributed by atoms with E-state index in [1.54, 1.807) is 0 Å². The Morgan fingerprint density at radius 3 is 2.25 bits per heavy atom. The minimum Gasteiger partial charge on any atom is -0.494 e. The normalized spacial score (nSPS) is 20.6. The summed E-state index contributed by atoms with van der Waals surface area (Å²) in [5.74, 6) is 2.27. The molecule has 1 fully saturated rings. The van der Waals surface area contributed by atoms with Crippen LogP contribution in [0.5, 0.6) is 11.5 Å². The first-order valence-electron chi connectivity index (χ1n) is 9.67. The zero-order valence-electron chi connectivity index (χ0n) is 15.3. The molecule has 134 valence electrons. The van der Waals surface area contributed by atoms with Gasteiger partial charge in [0.25, 0.3) is 0 Å². The van der Waals surface area contributed by atoms with Gasteiger partial charge in [-0.05, 0) is 62.3 Å². The molecule has 0 atom stereocenters. The summed E-state index contributed by atoms with van der Waals surface area (Å²) < 4.78 is 11.1. The van der Waals surface area contributed by atoms with Crippen molar-refractivity contribution in [2.75, 3.05) is 6.61 Å². The maximum Gasteiger partial charge on any atom is 0.314 e. The highest BCUT2D eigenvalue weighted by molar-refractivity contribution is 5.75. The molecule has 24 heavy (non-hydrogen) atoms. The number of carbonyl (C=O) groups is 1. The lowest BCUT2D eigenvalue weighted by Gasteiger charge is -2.27. The number of benzene rings is 1. The minimum absolute atomic E-state index is 0.0655. The summed E-state index contributed by atoms with van der Waals surface area (Å²) >= 11 is 0. The van der Waals surface area contributed by atoms with E-state index in [4.69, 9.17) is 9.47 Å². The van der Waals surface area contributed by atoms with Gasteiger partial charge < -0.3 is 9.47 Å². The van der Waals surface area contributed by atoms with E-state index in [0.717, 1.165) is 30.9 Å². The number of rotatable bonds is 9. The SMILES string of the molecule is CCCCCC1CCC(C(=O)Oc2ccc(OCCC)cc2)CC1. The van der Waals surface area contributed by atoms with Crippen molar-refractivity contribution in [3.63, 3.8) is 0 Å². The van der Waals surface area contributed by atoms with Gasteiger partial charge in [-0.25, -0.2) is 0 Å². The van der Waals surface area contributed by atoms with E-state index >= 15 is 0 Å². The van der Waals surface area contributed by atoms with Gasteiger partial charge in [-0.3, -0.25) is 4.79 Å². The van der Waals surface area contributed by atoms with Gasteiger partial charge >= 0.3 is 5.97 Å². The number of hydrogen-bond donors (Lipinski definition) is 0. The van der Waals surface area contributed by atoms with Crippen molar-refractivity contribution in [2.45, 2.75) is 71.6 Å². The monoisotopic (exact) mass is 332 g/mol. The fraction of sp³-hybridized carbons (Fsp3) is 0.667. The summed E-state index contributed by atoms with van der Waals surface area (Å²) in [4.78, 5) is 12.3. The van der Waals surface area contributed by atoms with Crippen LogP contribution in [0.3, 0.4) is 0 Å². The summed E-state index contributed by atoms with van der Waals surface area (Å²) in [7, 11) is 0. The number of carbonyl (C=O) groups excluding carboxylic acids is 1. The standard InChI is InChI=1S/C21H32O3/c1-3-5-6-7-17-8-10-18(11-9-17)21(22)24-20-14-12-19(13-15-20)23-16-4-2/h12-15,17-18H,3-11,16H2,1-2H3. The van der Waals surface area contributed by atoms with Crippen molar-refractivity contribution in [1.29, 1.82) is 0 Å². The molecule has 1 aliphatic carbocycles. The molecular formula is C21H32O3. The smallest absolute Gasteiger partial charge is 0.314 e. The van der Waals surface area contributed by atoms with Crippen LogP contribution in [0.1, 0.15) is 71.6 Å². The van der Waals surface area contributed by atoms with E-state index in [2.05, 4.69) is 13.8 Å². The Labute approximate surface area is 146 Å². The van der Waals surface area contributed by atoms with Crippen molar-refractivity contribution < 1.29 is 14.3 Å². The average molecular weight is 332 g/mol. The minimum atomic E-state index is -0.0655. The Morgan fingerprint density at radius 1 is 0.958 bits per heavy atom. The predicted molar refractivity (Wildman–Crippen MR) is 97.5 cm³/mol. The molecule has 3 nitrogen and oxygen atoms in total. The molecule has 0 radical (unpaired) electrons. The summed E-state index contributed by atoms with van der Waals surface area (Å²) in [6.07, 6.45) is 10.6. The number of unbranched alkanes of at least 4 members (excludes halogenated alkanes) is 2. The first-order chi connectivity index (χ1) is 11.7. The van der Waals surface area contributed by atoms with Crippen LogP contribution in [0.2, 0.25) is 0 Å². The topological polar surface area (TPSA) is 35.5 Å². The third-order valence-electron chi connectivity index (χ3n) is 4.91. The second-order valence-electron chi connectivity index (χ2n) is 6.95. The highest BCUT2D eigenvalue weighted by Crippen LogP contribution is 2.33. The van der Waals surface area contributed by atoms with Crippen molar-refractivity contribution >= 4 is 5.97 Å². The fourth-order valence-electron chi connectivity index (χ4n) is 3.39. The molecule has 0 spiro atoms. The van der Waals surface area contributed by atoms with Gasteiger partial charge in [0.05, 0.1) is 12.5 Å². The van der Waals surface area contributed by atoms with E-state index in [1.807, 2.05) is 24.3 Å². The fourth-order valence-corrected chi connectivity index (χ4v) is 3.39. The van der Waals surface area contributed by atoms with Crippen LogP contribution in [0.15, 0.2) is 24.3 Å². The van der Waals surface area contributed by atoms with Crippen molar-refractivity contribution in [3.8, 4) is 11.5 Å². The van der Waals surface area contributed by atoms with E-state index < -0.39 is 0 Å². The first-order valence-corrected chi connectivity index (χ1v) is 9.67. The van der Waals surface area contributed by atoms with Crippen LogP contribution < -0.4 is 9.47 Å². The molecule has 0 amide bonds. The third kappa shape index (κ3) is 6.18. The number of hydrogen-bond acceptors (Lipinski definition) is 3. The van der Waals surface area contributed by atoms with Gasteiger partial charge in [-0.15, -0.1) is 0 Å². The van der Waals surface area contributed by atoms with Gasteiger partial charge in [0.1, 0.15) is 11.5 Å². The molecule has 0 aliphatic heterocycles. The van der Waals surface area contributed by atoms with Gasteiger partial charge in [0.15, 0.2) is 0 Å². The highest BCUT2D eigenvalue weighted by Gasteiger charge is 2.27. The number of esters is 1. The molecule has 1 aromatic carbocycles. The second-order valence-corrected chi connectivity index (χ2v) is 6.95. The Balaban J connectivity index is 1.73. The molecular weight excluding hydrogens is 300 g/mol. The lowest BCUT2D eigenvalue weighted by Crippen LogP contribution is -2.25. The zero-order valence-corrected chi connectivity index (χ0v) is 15.3. The van der Waals surface area contributed by atoms with E-state index in [0.29, 0.717) is 12.4 Å². The first kappa shape index (κ1) is 18.8. The van der Waals surface area contributed by atoms with Crippen molar-refractivity contribution in [1.82, 2.24) is 0 Å². The van der Waals surface area contributed by atoms with Crippen LogP contribution in [0.4, 0.5) is 0 Å². The molecule has 1 aliphatic rings. The van der Waals surface area contributed by atoms with Crippen LogP contribution in [0.25, 0.3) is 0 Å². The zero-order chi connectivity index (χ0) is 17.2. The Hall–Kier alpha value is -1.51. The molecule has 3 heteroatoms. The van der Waals surface area contributed by atoms with E-state index in [-0.39, 0.29) is 11.9 Å². The molecule has 2 rings (SSSR count). The summed E-state index contributed by atoms with van der Waals surface area (Å²) in [6, 6.07) is 7.37. The summed E-state index contributed by atoms with van der Waals surface area (Å²) in [5, 5.41) is 0. The lowest BCUT2D eigenvalue weighted by atomic mass is 9.80. The summed E-state index contributed by atoms with van der Waals surface area (Å²) in [5.41, 5.74) is 0. The molecule has 0 N–H and O–H groups in total. The molecule has 0 saturated heterocycles. The molecule has 1 saturated carbocycles. The third-order valence-corrected chi connectivity index (χ3v) is 4.91. The lowest BCUT2D eigenvalue weighted by molar-refractivity contribution is -0.140. The van der Waals surface area contributed by atoms with Crippen molar-refractivity contribution in [2.24, 2.45) is 11.8 Å². The molecule has 0 bridgehead atoms. The molecule has 0 aromatic heterocycles. The second kappa shape index (κ2) is 10.4. The summed E-state index contributed by atoms with van der Waals surface area (Å²) in [6.45, 7) is 5.03. The Bertz CT molecular complexity index is 472. The van der Waals surface area contributed by atoms with Gasteiger partial charge in [0.2, 0.25) is 0 Å². The van der Waals surface area contributed by atoms with E-state index in [9.17, 15) is 4.79 Å².